The van der Waals surface area contributed by atoms with E-state index in [1.54, 1.807) is 30.3 Å². The van der Waals surface area contributed by atoms with E-state index in [1.165, 1.54) is 6.08 Å². The van der Waals surface area contributed by atoms with Crippen LogP contribution in [-0.4, -0.2) is 5.91 Å². The van der Waals surface area contributed by atoms with Crippen molar-refractivity contribution >= 4 is 56.8 Å². The van der Waals surface area contributed by atoms with Crippen LogP contribution in [0.3, 0.4) is 0 Å². The first-order valence-corrected chi connectivity index (χ1v) is 10.4. The zero-order valence-corrected chi connectivity index (χ0v) is 18.6. The van der Waals surface area contributed by atoms with Crippen molar-refractivity contribution in [3.05, 3.63) is 97.9 Å². The number of anilines is 1. The average Bonchev–Trinajstić information content (AvgIpc) is 2.72. The fourth-order valence-corrected chi connectivity index (χ4v) is 3.62. The van der Waals surface area contributed by atoms with Gasteiger partial charge in [0.25, 0.3) is 5.91 Å². The van der Waals surface area contributed by atoms with Gasteiger partial charge >= 0.3 is 0 Å². The molecule has 30 heavy (non-hydrogen) atoms. The van der Waals surface area contributed by atoms with Gasteiger partial charge in [-0.3, -0.25) is 4.79 Å². The van der Waals surface area contributed by atoms with Crippen molar-refractivity contribution in [3.63, 3.8) is 0 Å². The van der Waals surface area contributed by atoms with Gasteiger partial charge in [0, 0.05) is 10.2 Å². The number of nitrogens with one attached hydrogen (secondary N) is 1. The highest BCUT2D eigenvalue weighted by atomic mass is 79.9. The van der Waals surface area contributed by atoms with Crippen LogP contribution in [-0.2, 0) is 11.4 Å². The van der Waals surface area contributed by atoms with E-state index in [0.717, 1.165) is 10.0 Å². The summed E-state index contributed by atoms with van der Waals surface area (Å²) in [6.45, 7) is 0.313. The highest BCUT2D eigenvalue weighted by Crippen LogP contribution is 2.35. The second kappa shape index (κ2) is 10.3. The molecule has 0 aliphatic carbocycles. The lowest BCUT2D eigenvalue weighted by molar-refractivity contribution is -0.112. The Labute approximate surface area is 192 Å². The lowest BCUT2D eigenvalue weighted by Gasteiger charge is -2.11. The van der Waals surface area contributed by atoms with Gasteiger partial charge in [-0.15, -0.1) is 0 Å². The number of hydrogen-bond acceptors (Lipinski definition) is 3. The van der Waals surface area contributed by atoms with Gasteiger partial charge in [-0.25, -0.2) is 0 Å². The number of carbonyl (C=O) groups excluding carboxylic acids is 1. The Bertz CT molecular complexity index is 1120. The molecule has 0 bridgehead atoms. The van der Waals surface area contributed by atoms with Gasteiger partial charge < -0.3 is 10.1 Å². The molecule has 3 rings (SSSR count). The minimum absolute atomic E-state index is 0.0833. The van der Waals surface area contributed by atoms with Crippen molar-refractivity contribution < 1.29 is 9.53 Å². The summed E-state index contributed by atoms with van der Waals surface area (Å²) in [4.78, 5) is 12.4. The van der Waals surface area contributed by atoms with E-state index in [4.69, 9.17) is 27.9 Å². The summed E-state index contributed by atoms with van der Waals surface area (Å²) in [5.41, 5.74) is 1.97. The molecular formula is C23H15BrCl2N2O2. The smallest absolute Gasteiger partial charge is 0.266 e. The van der Waals surface area contributed by atoms with Crippen molar-refractivity contribution in [2.45, 2.75) is 6.61 Å². The van der Waals surface area contributed by atoms with Crippen molar-refractivity contribution in [1.29, 1.82) is 5.26 Å². The summed E-state index contributed by atoms with van der Waals surface area (Å²) >= 11 is 16.0. The maximum absolute atomic E-state index is 12.4. The molecule has 0 fully saturated rings. The summed E-state index contributed by atoms with van der Waals surface area (Å²) in [7, 11) is 0. The van der Waals surface area contributed by atoms with Crippen LogP contribution in [0.4, 0.5) is 5.69 Å². The number of ether oxygens (including phenoxy) is 1. The molecule has 150 valence electrons. The van der Waals surface area contributed by atoms with Crippen LogP contribution < -0.4 is 10.1 Å². The summed E-state index contributed by atoms with van der Waals surface area (Å²) in [5.74, 6) is -0.191. The Balaban J connectivity index is 1.77. The molecule has 1 N–H and O–H groups in total. The van der Waals surface area contributed by atoms with E-state index < -0.39 is 5.91 Å². The van der Waals surface area contributed by atoms with Crippen LogP contribution in [0.15, 0.2) is 76.8 Å². The quantitative estimate of drug-likeness (QED) is 0.295. The summed E-state index contributed by atoms with van der Waals surface area (Å²) in [5, 5.41) is 12.7. The van der Waals surface area contributed by atoms with Crippen molar-refractivity contribution in [1.82, 2.24) is 0 Å². The largest absolute Gasteiger partial charge is 0.486 e. The molecule has 0 atom stereocenters. The third kappa shape index (κ3) is 5.87. The normalized spacial score (nSPS) is 10.9. The maximum atomic E-state index is 12.4. The zero-order chi connectivity index (χ0) is 21.5. The SMILES string of the molecule is N#C/C(=C/c1cc(Cl)c(OCc2ccccc2)c(Cl)c1)C(=O)Nc1cccc(Br)c1. The Kier molecular flexibility index (Phi) is 7.53. The van der Waals surface area contributed by atoms with Crippen LogP contribution in [0, 0.1) is 11.3 Å². The molecule has 0 aliphatic rings. The molecule has 3 aromatic carbocycles. The molecule has 4 nitrogen and oxygen atoms in total. The molecule has 0 aliphatic heterocycles. The van der Waals surface area contributed by atoms with Crippen molar-refractivity contribution in [2.75, 3.05) is 5.32 Å². The standard InChI is InChI=1S/C23H15BrCl2N2O2/c24-18-7-4-8-19(12-18)28-23(29)17(13-27)9-16-10-20(25)22(21(26)11-16)30-14-15-5-2-1-3-6-15/h1-12H,14H2,(H,28,29)/b17-9-. The maximum Gasteiger partial charge on any atom is 0.266 e. The van der Waals surface area contributed by atoms with E-state index in [0.29, 0.717) is 23.6 Å². The second-order valence-electron chi connectivity index (χ2n) is 6.22. The van der Waals surface area contributed by atoms with Crippen LogP contribution in [0.2, 0.25) is 10.0 Å². The van der Waals surface area contributed by atoms with Crippen LogP contribution >= 0.6 is 39.1 Å². The number of rotatable bonds is 6. The summed E-state index contributed by atoms with van der Waals surface area (Å²) < 4.78 is 6.56. The van der Waals surface area contributed by atoms with Gasteiger partial charge in [0.15, 0.2) is 5.75 Å². The number of hydrogen-bond donors (Lipinski definition) is 1. The molecule has 3 aromatic rings. The van der Waals surface area contributed by atoms with Crippen LogP contribution in [0.5, 0.6) is 5.75 Å². The Morgan fingerprint density at radius 3 is 2.40 bits per heavy atom. The van der Waals surface area contributed by atoms with Gasteiger partial charge in [-0.1, -0.05) is 75.5 Å². The van der Waals surface area contributed by atoms with Crippen LogP contribution in [0.25, 0.3) is 6.08 Å². The molecule has 0 saturated carbocycles. The Morgan fingerprint density at radius 2 is 1.77 bits per heavy atom. The Hall–Kier alpha value is -2.78. The average molecular weight is 502 g/mol. The van der Waals surface area contributed by atoms with Gasteiger partial charge in [-0.2, -0.15) is 5.26 Å². The molecule has 0 saturated heterocycles. The topological polar surface area (TPSA) is 62.1 Å². The van der Waals surface area contributed by atoms with E-state index in [9.17, 15) is 10.1 Å². The predicted octanol–water partition coefficient (Wildman–Crippen LogP) is 6.88. The molecule has 7 heteroatoms. The molecule has 0 radical (unpaired) electrons. The number of nitrogens with zero attached hydrogens (tertiary/aromatic N) is 1. The lowest BCUT2D eigenvalue weighted by Crippen LogP contribution is -2.13. The number of amides is 1. The number of nitriles is 1. The number of carbonyl (C=O) groups is 1. The van der Waals surface area contributed by atoms with Crippen molar-refractivity contribution in [3.8, 4) is 11.8 Å². The number of halogens is 3. The molecule has 1 amide bonds. The highest BCUT2D eigenvalue weighted by Gasteiger charge is 2.13. The second-order valence-corrected chi connectivity index (χ2v) is 7.95. The van der Waals surface area contributed by atoms with Gasteiger partial charge in [0.2, 0.25) is 0 Å². The molecule has 0 aromatic heterocycles. The fourth-order valence-electron chi connectivity index (χ4n) is 2.61. The molecule has 0 unspecified atom stereocenters. The first-order chi connectivity index (χ1) is 14.5. The monoisotopic (exact) mass is 500 g/mol. The summed E-state index contributed by atoms with van der Waals surface area (Å²) in [6, 6.07) is 21.8. The van der Waals surface area contributed by atoms with Crippen LogP contribution in [0.1, 0.15) is 11.1 Å². The first-order valence-electron chi connectivity index (χ1n) is 8.81. The molecule has 0 spiro atoms. The van der Waals surface area contributed by atoms with E-state index >= 15 is 0 Å². The van der Waals surface area contributed by atoms with E-state index in [-0.39, 0.29) is 15.6 Å². The predicted molar refractivity (Wildman–Crippen MR) is 124 cm³/mol. The molecule has 0 heterocycles. The minimum Gasteiger partial charge on any atom is -0.486 e. The fraction of sp³-hybridized carbons (Fsp3) is 0.0435. The highest BCUT2D eigenvalue weighted by molar-refractivity contribution is 9.10. The Morgan fingerprint density at radius 1 is 1.07 bits per heavy atom. The van der Waals surface area contributed by atoms with E-state index in [2.05, 4.69) is 21.2 Å². The van der Waals surface area contributed by atoms with Gasteiger partial charge in [0.1, 0.15) is 18.2 Å². The third-order valence-electron chi connectivity index (χ3n) is 4.01. The number of benzene rings is 3. The minimum atomic E-state index is -0.535. The van der Waals surface area contributed by atoms with E-state index in [1.807, 2.05) is 42.5 Å². The first kappa shape index (κ1) is 21.9. The van der Waals surface area contributed by atoms with Gasteiger partial charge in [-0.05, 0) is 47.5 Å². The zero-order valence-electron chi connectivity index (χ0n) is 15.5. The molecular weight excluding hydrogens is 487 g/mol. The van der Waals surface area contributed by atoms with Gasteiger partial charge in [0.05, 0.1) is 10.0 Å². The lowest BCUT2D eigenvalue weighted by atomic mass is 10.1. The summed E-state index contributed by atoms with van der Waals surface area (Å²) in [6.07, 6.45) is 1.42. The van der Waals surface area contributed by atoms with Crippen molar-refractivity contribution in [2.24, 2.45) is 0 Å². The third-order valence-corrected chi connectivity index (χ3v) is 5.06.